The van der Waals surface area contributed by atoms with Crippen LogP contribution in [0.5, 0.6) is 0 Å². The lowest BCUT2D eigenvalue weighted by molar-refractivity contribution is 0.755. The Hall–Kier alpha value is -1.20. The van der Waals surface area contributed by atoms with Crippen LogP contribution in [0.25, 0.3) is 0 Å². The molecule has 14 heavy (non-hydrogen) atoms. The summed E-state index contributed by atoms with van der Waals surface area (Å²) in [6.07, 6.45) is 0. The SMILES string of the molecule is CC(C)N(C)c1ccc(C#N)c(Cl)c1. The van der Waals surface area contributed by atoms with Crippen LogP contribution in [0.15, 0.2) is 18.2 Å². The summed E-state index contributed by atoms with van der Waals surface area (Å²) in [7, 11) is 2.00. The quantitative estimate of drug-likeness (QED) is 0.747. The Labute approximate surface area is 89.7 Å². The van der Waals surface area contributed by atoms with Gasteiger partial charge in [-0.05, 0) is 32.0 Å². The van der Waals surface area contributed by atoms with Gasteiger partial charge in [0.1, 0.15) is 6.07 Å². The molecule has 0 unspecified atom stereocenters. The third-order valence-electron chi connectivity index (χ3n) is 2.25. The van der Waals surface area contributed by atoms with Crippen molar-refractivity contribution in [3.8, 4) is 6.07 Å². The van der Waals surface area contributed by atoms with E-state index in [0.29, 0.717) is 16.6 Å². The van der Waals surface area contributed by atoms with Crippen LogP contribution in [-0.4, -0.2) is 13.1 Å². The molecule has 0 bridgehead atoms. The summed E-state index contributed by atoms with van der Waals surface area (Å²) in [6, 6.07) is 7.93. The van der Waals surface area contributed by atoms with Crippen molar-refractivity contribution in [3.05, 3.63) is 28.8 Å². The number of halogens is 1. The first kappa shape index (κ1) is 10.9. The fourth-order valence-electron chi connectivity index (χ4n) is 1.11. The van der Waals surface area contributed by atoms with E-state index in [4.69, 9.17) is 16.9 Å². The maximum absolute atomic E-state index is 8.71. The van der Waals surface area contributed by atoms with Gasteiger partial charge in [-0.3, -0.25) is 0 Å². The Bertz CT molecular complexity index is 366. The van der Waals surface area contributed by atoms with Crippen molar-refractivity contribution in [2.75, 3.05) is 11.9 Å². The van der Waals surface area contributed by atoms with Crippen LogP contribution in [0.1, 0.15) is 19.4 Å². The molecule has 0 saturated carbocycles. The molecule has 0 aliphatic heterocycles. The summed E-state index contributed by atoms with van der Waals surface area (Å²) < 4.78 is 0. The molecule has 74 valence electrons. The van der Waals surface area contributed by atoms with Gasteiger partial charge in [0, 0.05) is 18.8 Å². The summed E-state index contributed by atoms with van der Waals surface area (Å²) in [5.41, 5.74) is 1.55. The Kier molecular flexibility index (Phi) is 3.38. The second-order valence-electron chi connectivity index (χ2n) is 3.48. The molecule has 0 saturated heterocycles. The van der Waals surface area contributed by atoms with Crippen LogP contribution >= 0.6 is 11.6 Å². The van der Waals surface area contributed by atoms with Gasteiger partial charge in [-0.25, -0.2) is 0 Å². The fraction of sp³-hybridized carbons (Fsp3) is 0.364. The Morgan fingerprint density at radius 3 is 2.50 bits per heavy atom. The highest BCUT2D eigenvalue weighted by atomic mass is 35.5. The maximum atomic E-state index is 8.71. The predicted octanol–water partition coefficient (Wildman–Crippen LogP) is 3.06. The molecular formula is C11H13ClN2. The summed E-state index contributed by atoms with van der Waals surface area (Å²) in [5, 5.41) is 9.22. The van der Waals surface area contributed by atoms with E-state index in [1.165, 1.54) is 0 Å². The molecule has 0 aliphatic rings. The first-order chi connectivity index (χ1) is 6.56. The molecule has 1 aromatic carbocycles. The zero-order valence-electron chi connectivity index (χ0n) is 8.58. The zero-order chi connectivity index (χ0) is 10.7. The minimum absolute atomic E-state index is 0.416. The molecule has 0 fully saturated rings. The molecule has 1 aromatic rings. The Balaban J connectivity index is 3.04. The second-order valence-corrected chi connectivity index (χ2v) is 3.89. The normalized spacial score (nSPS) is 10.0. The number of hydrogen-bond acceptors (Lipinski definition) is 2. The number of rotatable bonds is 2. The number of benzene rings is 1. The highest BCUT2D eigenvalue weighted by Crippen LogP contribution is 2.23. The largest absolute Gasteiger partial charge is 0.372 e. The van der Waals surface area contributed by atoms with Crippen LogP contribution in [-0.2, 0) is 0 Å². The maximum Gasteiger partial charge on any atom is 0.101 e. The number of anilines is 1. The molecule has 0 heterocycles. The third kappa shape index (κ3) is 2.18. The number of nitriles is 1. The third-order valence-corrected chi connectivity index (χ3v) is 2.57. The first-order valence-corrected chi connectivity index (χ1v) is 4.86. The van der Waals surface area contributed by atoms with Crippen LogP contribution in [0.3, 0.4) is 0 Å². The molecule has 0 radical (unpaired) electrons. The van der Waals surface area contributed by atoms with Crippen molar-refractivity contribution < 1.29 is 0 Å². The van der Waals surface area contributed by atoms with Crippen molar-refractivity contribution in [2.24, 2.45) is 0 Å². The lowest BCUT2D eigenvalue weighted by Gasteiger charge is -2.23. The first-order valence-electron chi connectivity index (χ1n) is 4.48. The lowest BCUT2D eigenvalue weighted by Crippen LogP contribution is -2.25. The number of hydrogen-bond donors (Lipinski definition) is 0. The van der Waals surface area contributed by atoms with E-state index in [9.17, 15) is 0 Å². The topological polar surface area (TPSA) is 27.0 Å². The van der Waals surface area contributed by atoms with Crippen molar-refractivity contribution in [2.45, 2.75) is 19.9 Å². The van der Waals surface area contributed by atoms with E-state index in [-0.39, 0.29) is 0 Å². The average molecular weight is 209 g/mol. The summed E-state index contributed by atoms with van der Waals surface area (Å²) >= 11 is 5.93. The van der Waals surface area contributed by atoms with E-state index < -0.39 is 0 Å². The molecule has 0 aromatic heterocycles. The van der Waals surface area contributed by atoms with Crippen molar-refractivity contribution in [1.29, 1.82) is 5.26 Å². The van der Waals surface area contributed by atoms with Crippen LogP contribution < -0.4 is 4.90 Å². The van der Waals surface area contributed by atoms with Gasteiger partial charge in [0.25, 0.3) is 0 Å². The number of nitrogens with zero attached hydrogens (tertiary/aromatic N) is 2. The average Bonchev–Trinajstić information content (AvgIpc) is 2.16. The molecule has 0 N–H and O–H groups in total. The van der Waals surface area contributed by atoms with Gasteiger partial charge < -0.3 is 4.90 Å². The minimum Gasteiger partial charge on any atom is -0.372 e. The standard InChI is InChI=1S/C11H13ClN2/c1-8(2)14(3)10-5-4-9(7-13)11(12)6-10/h4-6,8H,1-3H3. The van der Waals surface area contributed by atoms with Crippen LogP contribution in [0.2, 0.25) is 5.02 Å². The van der Waals surface area contributed by atoms with Gasteiger partial charge in [0.05, 0.1) is 10.6 Å². The van der Waals surface area contributed by atoms with Gasteiger partial charge in [0.2, 0.25) is 0 Å². The monoisotopic (exact) mass is 208 g/mol. The Morgan fingerprint density at radius 2 is 2.07 bits per heavy atom. The summed E-state index contributed by atoms with van der Waals surface area (Å²) in [4.78, 5) is 2.10. The van der Waals surface area contributed by atoms with E-state index >= 15 is 0 Å². The molecule has 0 spiro atoms. The lowest BCUT2D eigenvalue weighted by atomic mass is 10.2. The van der Waals surface area contributed by atoms with Crippen LogP contribution in [0.4, 0.5) is 5.69 Å². The van der Waals surface area contributed by atoms with Gasteiger partial charge in [-0.15, -0.1) is 0 Å². The molecule has 2 nitrogen and oxygen atoms in total. The van der Waals surface area contributed by atoms with Crippen LogP contribution in [0, 0.1) is 11.3 Å². The molecule has 3 heteroatoms. The van der Waals surface area contributed by atoms with E-state index in [1.807, 2.05) is 25.2 Å². The fourth-order valence-corrected chi connectivity index (χ4v) is 1.33. The van der Waals surface area contributed by atoms with E-state index in [2.05, 4.69) is 18.7 Å². The molecular weight excluding hydrogens is 196 g/mol. The van der Waals surface area contributed by atoms with Crippen molar-refractivity contribution in [3.63, 3.8) is 0 Å². The second kappa shape index (κ2) is 4.34. The smallest absolute Gasteiger partial charge is 0.101 e. The van der Waals surface area contributed by atoms with Gasteiger partial charge in [-0.2, -0.15) is 5.26 Å². The molecule has 0 aliphatic carbocycles. The Morgan fingerprint density at radius 1 is 1.43 bits per heavy atom. The van der Waals surface area contributed by atoms with Gasteiger partial charge >= 0.3 is 0 Å². The highest BCUT2D eigenvalue weighted by molar-refractivity contribution is 6.32. The van der Waals surface area contributed by atoms with Crippen molar-refractivity contribution in [1.82, 2.24) is 0 Å². The van der Waals surface area contributed by atoms with Gasteiger partial charge in [-0.1, -0.05) is 11.6 Å². The zero-order valence-corrected chi connectivity index (χ0v) is 9.34. The molecule has 0 atom stereocenters. The molecule has 0 amide bonds. The van der Waals surface area contributed by atoms with Crippen molar-refractivity contribution >= 4 is 17.3 Å². The minimum atomic E-state index is 0.416. The van der Waals surface area contributed by atoms with E-state index in [1.54, 1.807) is 6.07 Å². The summed E-state index contributed by atoms with van der Waals surface area (Å²) in [5.74, 6) is 0. The van der Waals surface area contributed by atoms with Gasteiger partial charge in [0.15, 0.2) is 0 Å². The summed E-state index contributed by atoms with van der Waals surface area (Å²) in [6.45, 7) is 4.21. The predicted molar refractivity (Wildman–Crippen MR) is 59.7 cm³/mol. The molecule has 1 rings (SSSR count). The van der Waals surface area contributed by atoms with E-state index in [0.717, 1.165) is 5.69 Å². The highest BCUT2D eigenvalue weighted by Gasteiger charge is 2.07.